The molecule has 0 bridgehead atoms. The number of aromatic hydroxyl groups is 1. The van der Waals surface area contributed by atoms with Gasteiger partial charge in [-0.15, -0.1) is 10.2 Å². The normalized spacial score (nSPS) is 10.0. The first-order valence-electron chi connectivity index (χ1n) is 5.13. The number of nitrogens with zero attached hydrogens (tertiary/aromatic N) is 2. The molecule has 0 unspecified atom stereocenters. The SMILES string of the molecule is CNc1ccc(-c2cc(OC)ccc2O)nn1. The first-order valence-corrected chi connectivity index (χ1v) is 5.13. The second-order valence-electron chi connectivity index (χ2n) is 3.44. The maximum Gasteiger partial charge on any atom is 0.148 e. The van der Waals surface area contributed by atoms with Crippen LogP contribution in [0.15, 0.2) is 30.3 Å². The summed E-state index contributed by atoms with van der Waals surface area (Å²) in [5.41, 5.74) is 1.19. The Labute approximate surface area is 99.1 Å². The molecule has 0 aliphatic rings. The van der Waals surface area contributed by atoms with Crippen LogP contribution < -0.4 is 10.1 Å². The number of methoxy groups -OCH3 is 1. The fourth-order valence-electron chi connectivity index (χ4n) is 1.46. The second kappa shape index (κ2) is 4.69. The van der Waals surface area contributed by atoms with E-state index < -0.39 is 0 Å². The molecule has 1 aromatic carbocycles. The molecule has 1 heterocycles. The molecule has 0 atom stereocenters. The van der Waals surface area contributed by atoms with Crippen LogP contribution in [-0.4, -0.2) is 29.5 Å². The van der Waals surface area contributed by atoms with Gasteiger partial charge < -0.3 is 15.2 Å². The number of phenols is 1. The minimum atomic E-state index is 0.150. The Hall–Kier alpha value is -2.30. The van der Waals surface area contributed by atoms with E-state index >= 15 is 0 Å². The molecule has 1 aromatic heterocycles. The van der Waals surface area contributed by atoms with E-state index in [9.17, 15) is 5.11 Å². The Kier molecular flexibility index (Phi) is 3.09. The summed E-state index contributed by atoms with van der Waals surface area (Å²) in [5, 5.41) is 20.6. The van der Waals surface area contributed by atoms with E-state index in [-0.39, 0.29) is 5.75 Å². The molecule has 0 spiro atoms. The van der Waals surface area contributed by atoms with Crippen molar-refractivity contribution in [3.05, 3.63) is 30.3 Å². The Bertz CT molecular complexity index is 512. The zero-order chi connectivity index (χ0) is 12.3. The molecule has 0 amide bonds. The van der Waals surface area contributed by atoms with Crippen LogP contribution in [0.2, 0.25) is 0 Å². The Balaban J connectivity index is 2.43. The number of hydrogen-bond donors (Lipinski definition) is 2. The lowest BCUT2D eigenvalue weighted by atomic mass is 10.1. The van der Waals surface area contributed by atoms with Crippen molar-refractivity contribution in [2.75, 3.05) is 19.5 Å². The smallest absolute Gasteiger partial charge is 0.148 e. The first kappa shape index (κ1) is 11.2. The van der Waals surface area contributed by atoms with Gasteiger partial charge in [0.15, 0.2) is 0 Å². The molecule has 0 aliphatic heterocycles. The number of rotatable bonds is 3. The number of phenolic OH excluding ortho intramolecular Hbond substituents is 1. The quantitative estimate of drug-likeness (QED) is 0.844. The molecule has 2 aromatic rings. The van der Waals surface area contributed by atoms with Crippen LogP contribution in [0.4, 0.5) is 5.82 Å². The number of anilines is 1. The van der Waals surface area contributed by atoms with Gasteiger partial charge in [0.1, 0.15) is 17.3 Å². The van der Waals surface area contributed by atoms with Crippen molar-refractivity contribution in [1.29, 1.82) is 0 Å². The van der Waals surface area contributed by atoms with Gasteiger partial charge in [0.2, 0.25) is 0 Å². The molecule has 2 N–H and O–H groups in total. The van der Waals surface area contributed by atoms with Gasteiger partial charge in [0.05, 0.1) is 12.8 Å². The Morgan fingerprint density at radius 3 is 2.59 bits per heavy atom. The Morgan fingerprint density at radius 1 is 1.18 bits per heavy atom. The van der Waals surface area contributed by atoms with E-state index in [1.165, 1.54) is 0 Å². The number of benzene rings is 1. The zero-order valence-electron chi connectivity index (χ0n) is 9.64. The van der Waals surface area contributed by atoms with E-state index in [1.807, 2.05) is 0 Å². The van der Waals surface area contributed by atoms with Crippen LogP contribution in [-0.2, 0) is 0 Å². The van der Waals surface area contributed by atoms with Crippen molar-refractivity contribution >= 4 is 5.82 Å². The van der Waals surface area contributed by atoms with Crippen molar-refractivity contribution < 1.29 is 9.84 Å². The molecule has 5 nitrogen and oxygen atoms in total. The lowest BCUT2D eigenvalue weighted by molar-refractivity contribution is 0.412. The molecule has 0 fully saturated rings. The molecule has 2 rings (SSSR count). The van der Waals surface area contributed by atoms with E-state index in [2.05, 4.69) is 15.5 Å². The lowest BCUT2D eigenvalue weighted by Crippen LogP contribution is -1.95. The van der Waals surface area contributed by atoms with Crippen LogP contribution in [0.3, 0.4) is 0 Å². The van der Waals surface area contributed by atoms with Crippen LogP contribution >= 0.6 is 0 Å². The predicted octanol–water partition coefficient (Wildman–Crippen LogP) is 1.90. The van der Waals surface area contributed by atoms with E-state index in [1.54, 1.807) is 44.5 Å². The van der Waals surface area contributed by atoms with Gasteiger partial charge in [-0.25, -0.2) is 0 Å². The van der Waals surface area contributed by atoms with Gasteiger partial charge in [-0.3, -0.25) is 0 Å². The zero-order valence-corrected chi connectivity index (χ0v) is 9.64. The molecule has 0 saturated carbocycles. The van der Waals surface area contributed by atoms with E-state index in [0.717, 1.165) is 0 Å². The number of hydrogen-bond acceptors (Lipinski definition) is 5. The third kappa shape index (κ3) is 2.28. The highest BCUT2D eigenvalue weighted by atomic mass is 16.5. The van der Waals surface area contributed by atoms with Gasteiger partial charge in [-0.2, -0.15) is 0 Å². The molecular weight excluding hydrogens is 218 g/mol. The molecule has 0 aliphatic carbocycles. The molecule has 17 heavy (non-hydrogen) atoms. The summed E-state index contributed by atoms with van der Waals surface area (Å²) in [6, 6.07) is 8.56. The standard InChI is InChI=1S/C12H13N3O2/c1-13-12-6-4-10(14-15-12)9-7-8(17-2)3-5-11(9)16/h3-7,16H,1-2H3,(H,13,15). The topological polar surface area (TPSA) is 67.3 Å². The van der Waals surface area contributed by atoms with Crippen molar-refractivity contribution in [2.24, 2.45) is 0 Å². The van der Waals surface area contributed by atoms with Crippen LogP contribution in [0.5, 0.6) is 11.5 Å². The maximum absolute atomic E-state index is 9.77. The van der Waals surface area contributed by atoms with Gasteiger partial charge in [0.25, 0.3) is 0 Å². The molecular formula is C12H13N3O2. The third-order valence-electron chi connectivity index (χ3n) is 2.40. The average Bonchev–Trinajstić information content (AvgIpc) is 2.39. The minimum Gasteiger partial charge on any atom is -0.507 e. The summed E-state index contributed by atoms with van der Waals surface area (Å²) in [4.78, 5) is 0. The highest BCUT2D eigenvalue weighted by molar-refractivity contribution is 5.68. The fourth-order valence-corrected chi connectivity index (χ4v) is 1.46. The van der Waals surface area contributed by atoms with E-state index in [4.69, 9.17) is 4.74 Å². The highest BCUT2D eigenvalue weighted by Gasteiger charge is 2.08. The van der Waals surface area contributed by atoms with Gasteiger partial charge >= 0.3 is 0 Å². The first-order chi connectivity index (χ1) is 8.24. The Morgan fingerprint density at radius 2 is 2.00 bits per heavy atom. The van der Waals surface area contributed by atoms with Crippen LogP contribution in [0.25, 0.3) is 11.3 Å². The van der Waals surface area contributed by atoms with Gasteiger partial charge in [0, 0.05) is 12.6 Å². The van der Waals surface area contributed by atoms with E-state index in [0.29, 0.717) is 22.8 Å². The van der Waals surface area contributed by atoms with Crippen LogP contribution in [0, 0.1) is 0 Å². The fraction of sp³-hybridized carbons (Fsp3) is 0.167. The average molecular weight is 231 g/mol. The van der Waals surface area contributed by atoms with Crippen molar-refractivity contribution in [1.82, 2.24) is 10.2 Å². The number of ether oxygens (including phenoxy) is 1. The summed E-state index contributed by atoms with van der Waals surface area (Å²) < 4.78 is 5.10. The summed E-state index contributed by atoms with van der Waals surface area (Å²) in [6.07, 6.45) is 0. The summed E-state index contributed by atoms with van der Waals surface area (Å²) in [5.74, 6) is 1.49. The lowest BCUT2D eigenvalue weighted by Gasteiger charge is -2.06. The van der Waals surface area contributed by atoms with Gasteiger partial charge in [-0.1, -0.05) is 0 Å². The molecule has 5 heteroatoms. The molecule has 88 valence electrons. The maximum atomic E-state index is 9.77. The summed E-state index contributed by atoms with van der Waals surface area (Å²) in [7, 11) is 3.35. The van der Waals surface area contributed by atoms with Crippen molar-refractivity contribution in [3.8, 4) is 22.8 Å². The monoisotopic (exact) mass is 231 g/mol. The van der Waals surface area contributed by atoms with Crippen LogP contribution in [0.1, 0.15) is 0 Å². The highest BCUT2D eigenvalue weighted by Crippen LogP contribution is 2.31. The summed E-state index contributed by atoms with van der Waals surface area (Å²) in [6.45, 7) is 0. The number of nitrogens with one attached hydrogen (secondary N) is 1. The summed E-state index contributed by atoms with van der Waals surface area (Å²) >= 11 is 0. The molecule has 0 radical (unpaired) electrons. The largest absolute Gasteiger partial charge is 0.507 e. The molecule has 0 saturated heterocycles. The van der Waals surface area contributed by atoms with Crippen molar-refractivity contribution in [2.45, 2.75) is 0 Å². The van der Waals surface area contributed by atoms with Gasteiger partial charge in [-0.05, 0) is 30.3 Å². The minimum absolute atomic E-state index is 0.150. The van der Waals surface area contributed by atoms with Crippen molar-refractivity contribution in [3.63, 3.8) is 0 Å². The second-order valence-corrected chi connectivity index (χ2v) is 3.44. The third-order valence-corrected chi connectivity index (χ3v) is 2.40. The predicted molar refractivity (Wildman–Crippen MR) is 65.2 cm³/mol. The number of aromatic nitrogens is 2.